The van der Waals surface area contributed by atoms with Gasteiger partial charge in [0.1, 0.15) is 11.6 Å². The highest BCUT2D eigenvalue weighted by Gasteiger charge is 2.20. The molecule has 1 aliphatic rings. The molecule has 0 saturated carbocycles. The van der Waals surface area contributed by atoms with Gasteiger partial charge in [0, 0.05) is 50.6 Å². The Balaban J connectivity index is 1.61. The van der Waals surface area contributed by atoms with Crippen LogP contribution >= 0.6 is 11.5 Å². The summed E-state index contributed by atoms with van der Waals surface area (Å²) in [6.07, 6.45) is 3.22. The van der Waals surface area contributed by atoms with Gasteiger partial charge >= 0.3 is 0 Å². The number of carbonyl (C=O) groups excluding carboxylic acids is 1. The number of carbonyl (C=O) groups is 1. The van der Waals surface area contributed by atoms with Gasteiger partial charge in [-0.15, -0.1) is 0 Å². The van der Waals surface area contributed by atoms with Crippen molar-refractivity contribution in [2.45, 2.75) is 32.6 Å². The van der Waals surface area contributed by atoms with E-state index < -0.39 is 0 Å². The van der Waals surface area contributed by atoms with Crippen LogP contribution in [0.5, 0.6) is 5.75 Å². The van der Waals surface area contributed by atoms with Gasteiger partial charge in [0.05, 0.1) is 7.11 Å². The lowest BCUT2D eigenvalue weighted by Gasteiger charge is -2.21. The van der Waals surface area contributed by atoms with E-state index in [1.54, 1.807) is 7.11 Å². The number of hydrogen-bond acceptors (Lipinski definition) is 6. The van der Waals surface area contributed by atoms with E-state index in [0.717, 1.165) is 61.3 Å². The molecule has 0 unspecified atom stereocenters. The van der Waals surface area contributed by atoms with Crippen molar-refractivity contribution in [3.8, 4) is 5.75 Å². The van der Waals surface area contributed by atoms with Crippen molar-refractivity contribution in [3.05, 3.63) is 35.7 Å². The zero-order valence-electron chi connectivity index (χ0n) is 15.5. The second kappa shape index (κ2) is 8.98. The minimum Gasteiger partial charge on any atom is -0.497 e. The van der Waals surface area contributed by atoms with E-state index in [-0.39, 0.29) is 5.91 Å². The molecule has 1 aromatic carbocycles. The predicted molar refractivity (Wildman–Crippen MR) is 104 cm³/mol. The molecule has 0 atom stereocenters. The first-order valence-electron chi connectivity index (χ1n) is 9.18. The molecule has 0 radical (unpaired) electrons. The highest BCUT2D eigenvalue weighted by molar-refractivity contribution is 7.09. The smallest absolute Gasteiger partial charge is 0.222 e. The summed E-state index contributed by atoms with van der Waals surface area (Å²) in [5.74, 6) is 1.95. The second-order valence-corrected chi connectivity index (χ2v) is 7.22. The van der Waals surface area contributed by atoms with Crippen molar-refractivity contribution in [1.82, 2.24) is 14.3 Å². The molecule has 1 amide bonds. The van der Waals surface area contributed by atoms with E-state index in [2.05, 4.69) is 15.3 Å². The van der Waals surface area contributed by atoms with E-state index in [1.165, 1.54) is 11.5 Å². The largest absolute Gasteiger partial charge is 0.497 e. The zero-order valence-corrected chi connectivity index (χ0v) is 16.3. The van der Waals surface area contributed by atoms with Crippen LogP contribution in [0.2, 0.25) is 0 Å². The number of benzene rings is 1. The minimum atomic E-state index is 0.269. The Kier molecular flexibility index (Phi) is 6.44. The van der Waals surface area contributed by atoms with E-state index >= 15 is 0 Å². The normalized spacial score (nSPS) is 15.0. The summed E-state index contributed by atoms with van der Waals surface area (Å²) >= 11 is 1.44. The van der Waals surface area contributed by atoms with Crippen molar-refractivity contribution >= 4 is 22.6 Å². The van der Waals surface area contributed by atoms with Crippen LogP contribution in [0, 0.1) is 0 Å². The van der Waals surface area contributed by atoms with Crippen molar-refractivity contribution in [2.75, 3.05) is 38.2 Å². The summed E-state index contributed by atoms with van der Waals surface area (Å²) < 4.78 is 9.80. The van der Waals surface area contributed by atoms with E-state index in [0.29, 0.717) is 12.8 Å². The van der Waals surface area contributed by atoms with Crippen molar-refractivity contribution in [1.29, 1.82) is 0 Å². The third-order valence-corrected chi connectivity index (χ3v) is 5.35. The quantitative estimate of drug-likeness (QED) is 0.778. The Labute approximate surface area is 159 Å². The number of ether oxygens (including phenoxy) is 1. The molecule has 2 heterocycles. The monoisotopic (exact) mass is 374 g/mol. The summed E-state index contributed by atoms with van der Waals surface area (Å²) in [6, 6.07) is 8.00. The predicted octanol–water partition coefficient (Wildman–Crippen LogP) is 2.98. The fraction of sp³-hybridized carbons (Fsp3) is 0.526. The minimum absolute atomic E-state index is 0.269. The summed E-state index contributed by atoms with van der Waals surface area (Å²) in [6.45, 7) is 5.40. The number of amides is 1. The Morgan fingerprint density at radius 1 is 1.27 bits per heavy atom. The number of hydrogen-bond donors (Lipinski definition) is 0. The van der Waals surface area contributed by atoms with Gasteiger partial charge in [-0.25, -0.2) is 4.98 Å². The Hall–Kier alpha value is -2.15. The van der Waals surface area contributed by atoms with Crippen molar-refractivity contribution < 1.29 is 9.53 Å². The number of aromatic nitrogens is 2. The number of rotatable bonds is 6. The topological polar surface area (TPSA) is 58.6 Å². The summed E-state index contributed by atoms with van der Waals surface area (Å²) in [7, 11) is 1.67. The highest BCUT2D eigenvalue weighted by atomic mass is 32.1. The molecule has 26 heavy (non-hydrogen) atoms. The average molecular weight is 375 g/mol. The maximum absolute atomic E-state index is 12.1. The first-order valence-corrected chi connectivity index (χ1v) is 9.95. The molecule has 0 spiro atoms. The van der Waals surface area contributed by atoms with Gasteiger partial charge in [-0.3, -0.25) is 4.79 Å². The molecule has 1 aromatic heterocycles. The van der Waals surface area contributed by atoms with Gasteiger partial charge in [0.15, 0.2) is 0 Å². The van der Waals surface area contributed by atoms with Gasteiger partial charge < -0.3 is 14.5 Å². The lowest BCUT2D eigenvalue weighted by atomic mass is 10.1. The molecular weight excluding hydrogens is 348 g/mol. The summed E-state index contributed by atoms with van der Waals surface area (Å²) in [5, 5.41) is 0.952. The number of methoxy groups -OCH3 is 1. The zero-order chi connectivity index (χ0) is 18.4. The molecule has 2 aromatic rings. The molecule has 0 bridgehead atoms. The standard InChI is InChI=1S/C19H26N4O2S/c1-3-6-18(24)22-9-5-10-23(12-11-22)19-20-17(21-26-19)14-15-7-4-8-16(13-15)25-2/h4,7-8,13H,3,5-6,9-12,14H2,1-2H3. The van der Waals surface area contributed by atoms with E-state index in [4.69, 9.17) is 9.72 Å². The van der Waals surface area contributed by atoms with Crippen LogP contribution in [0.25, 0.3) is 0 Å². The molecule has 0 aliphatic carbocycles. The summed E-state index contributed by atoms with van der Waals surface area (Å²) in [4.78, 5) is 21.1. The third-order valence-electron chi connectivity index (χ3n) is 4.54. The number of anilines is 1. The molecule has 140 valence electrons. The fourth-order valence-electron chi connectivity index (χ4n) is 3.14. The van der Waals surface area contributed by atoms with Crippen LogP contribution in [0.15, 0.2) is 24.3 Å². The van der Waals surface area contributed by atoms with Crippen molar-refractivity contribution in [3.63, 3.8) is 0 Å². The van der Waals surface area contributed by atoms with Crippen LogP contribution in [0.1, 0.15) is 37.6 Å². The first kappa shape index (κ1) is 18.6. The van der Waals surface area contributed by atoms with Crippen LogP contribution in [-0.4, -0.2) is 53.5 Å². The maximum Gasteiger partial charge on any atom is 0.222 e. The van der Waals surface area contributed by atoms with Gasteiger partial charge in [-0.2, -0.15) is 4.37 Å². The average Bonchev–Trinajstić information content (AvgIpc) is 2.97. The SMILES string of the molecule is CCCC(=O)N1CCCN(c2nc(Cc3cccc(OC)c3)ns2)CC1. The molecular formula is C19H26N4O2S. The van der Waals surface area contributed by atoms with Gasteiger partial charge in [-0.05, 0) is 30.5 Å². The maximum atomic E-state index is 12.1. The molecule has 1 fully saturated rings. The molecule has 1 aliphatic heterocycles. The number of nitrogens with zero attached hydrogens (tertiary/aromatic N) is 4. The van der Waals surface area contributed by atoms with Crippen LogP contribution < -0.4 is 9.64 Å². The van der Waals surface area contributed by atoms with Crippen molar-refractivity contribution in [2.24, 2.45) is 0 Å². The second-order valence-electron chi connectivity index (χ2n) is 6.49. The fourth-order valence-corrected chi connectivity index (χ4v) is 3.88. The Morgan fingerprint density at radius 2 is 2.15 bits per heavy atom. The molecule has 6 nitrogen and oxygen atoms in total. The molecule has 7 heteroatoms. The third kappa shape index (κ3) is 4.72. The van der Waals surface area contributed by atoms with Crippen LogP contribution in [-0.2, 0) is 11.2 Å². The van der Waals surface area contributed by atoms with Crippen LogP contribution in [0.3, 0.4) is 0 Å². The van der Waals surface area contributed by atoms with E-state index in [9.17, 15) is 4.79 Å². The van der Waals surface area contributed by atoms with E-state index in [1.807, 2.05) is 30.0 Å². The highest BCUT2D eigenvalue weighted by Crippen LogP contribution is 2.22. The van der Waals surface area contributed by atoms with Gasteiger partial charge in [0.25, 0.3) is 0 Å². The summed E-state index contributed by atoms with van der Waals surface area (Å²) in [5.41, 5.74) is 1.14. The molecule has 0 N–H and O–H groups in total. The van der Waals surface area contributed by atoms with Gasteiger partial charge in [-0.1, -0.05) is 19.1 Å². The Bertz CT molecular complexity index is 734. The first-order chi connectivity index (χ1) is 12.7. The molecule has 1 saturated heterocycles. The van der Waals surface area contributed by atoms with Gasteiger partial charge in [0.2, 0.25) is 11.0 Å². The molecule has 3 rings (SSSR count). The lowest BCUT2D eigenvalue weighted by molar-refractivity contribution is -0.131. The Morgan fingerprint density at radius 3 is 2.96 bits per heavy atom. The van der Waals surface area contributed by atoms with Crippen LogP contribution in [0.4, 0.5) is 5.13 Å². The lowest BCUT2D eigenvalue weighted by Crippen LogP contribution is -2.35.